The van der Waals surface area contributed by atoms with E-state index in [4.69, 9.17) is 9.47 Å². The first-order valence-corrected chi connectivity index (χ1v) is 5.87. The van der Waals surface area contributed by atoms with Crippen LogP contribution in [0.2, 0.25) is 0 Å². The lowest BCUT2D eigenvalue weighted by atomic mass is 9.87. The van der Waals surface area contributed by atoms with Crippen molar-refractivity contribution in [3.05, 3.63) is 0 Å². The predicted molar refractivity (Wildman–Crippen MR) is 56.5 cm³/mol. The molecule has 0 amide bonds. The van der Waals surface area contributed by atoms with E-state index in [0.29, 0.717) is 24.4 Å². The molecule has 4 nitrogen and oxygen atoms in total. The molecule has 4 unspecified atom stereocenters. The van der Waals surface area contributed by atoms with Crippen LogP contribution in [0, 0.1) is 17.8 Å². The molecule has 4 heteroatoms. The number of hydrogen-bond donors (Lipinski definition) is 0. The second-order valence-electron chi connectivity index (χ2n) is 4.95. The second kappa shape index (κ2) is 4.44. The van der Waals surface area contributed by atoms with Gasteiger partial charge in [-0.05, 0) is 31.1 Å². The number of esters is 2. The lowest BCUT2D eigenvalue weighted by molar-refractivity contribution is -0.152. The van der Waals surface area contributed by atoms with Gasteiger partial charge in [-0.25, -0.2) is 0 Å². The van der Waals surface area contributed by atoms with Crippen LogP contribution < -0.4 is 0 Å². The molecular weight excluding hydrogens is 208 g/mol. The molecule has 0 saturated heterocycles. The Morgan fingerprint density at radius 3 is 2.44 bits per heavy atom. The summed E-state index contributed by atoms with van der Waals surface area (Å²) in [5.74, 6) is 0.991. The van der Waals surface area contributed by atoms with Crippen LogP contribution in [-0.2, 0) is 19.1 Å². The van der Waals surface area contributed by atoms with E-state index in [1.807, 2.05) is 0 Å². The Labute approximate surface area is 95.3 Å². The van der Waals surface area contributed by atoms with Crippen LogP contribution in [0.4, 0.5) is 0 Å². The Balaban J connectivity index is 1.88. The van der Waals surface area contributed by atoms with Crippen molar-refractivity contribution in [1.29, 1.82) is 0 Å². The zero-order chi connectivity index (χ0) is 11.7. The van der Waals surface area contributed by atoms with Gasteiger partial charge in [0, 0.05) is 19.8 Å². The van der Waals surface area contributed by atoms with Crippen molar-refractivity contribution in [2.24, 2.45) is 17.8 Å². The Hall–Kier alpha value is -1.06. The van der Waals surface area contributed by atoms with Gasteiger partial charge in [0.15, 0.2) is 0 Å². The molecule has 90 valence electrons. The highest BCUT2D eigenvalue weighted by atomic mass is 16.5. The Bertz CT molecular complexity index is 297. The van der Waals surface area contributed by atoms with Crippen molar-refractivity contribution in [2.45, 2.75) is 39.2 Å². The summed E-state index contributed by atoms with van der Waals surface area (Å²) in [6.45, 7) is 3.36. The molecule has 0 spiro atoms. The van der Waals surface area contributed by atoms with Crippen LogP contribution in [-0.4, -0.2) is 24.6 Å². The molecular formula is C12H18O4. The molecule has 2 aliphatic rings. The summed E-state index contributed by atoms with van der Waals surface area (Å²) in [7, 11) is 0. The van der Waals surface area contributed by atoms with E-state index in [0.717, 1.165) is 19.3 Å². The van der Waals surface area contributed by atoms with E-state index in [-0.39, 0.29) is 18.0 Å². The highest BCUT2D eigenvalue weighted by molar-refractivity contribution is 5.66. The Morgan fingerprint density at radius 2 is 1.88 bits per heavy atom. The first kappa shape index (κ1) is 11.4. The summed E-state index contributed by atoms with van der Waals surface area (Å²) in [6.07, 6.45) is 3.26. The maximum atomic E-state index is 10.9. The van der Waals surface area contributed by atoms with Gasteiger partial charge in [0.25, 0.3) is 0 Å². The normalized spacial score (nSPS) is 36.1. The number of carbonyl (C=O) groups excluding carboxylic acids is 2. The van der Waals surface area contributed by atoms with E-state index in [2.05, 4.69) is 0 Å². The lowest BCUT2D eigenvalue weighted by Gasteiger charge is -2.28. The molecule has 0 radical (unpaired) electrons. The minimum atomic E-state index is -0.230. The van der Waals surface area contributed by atoms with Gasteiger partial charge in [0.1, 0.15) is 6.10 Å². The van der Waals surface area contributed by atoms with Crippen molar-refractivity contribution >= 4 is 11.9 Å². The predicted octanol–water partition coefficient (Wildman–Crippen LogP) is 1.53. The summed E-state index contributed by atoms with van der Waals surface area (Å²) in [6, 6.07) is 0. The summed E-state index contributed by atoms with van der Waals surface area (Å²) in [5, 5.41) is 0. The van der Waals surface area contributed by atoms with Crippen molar-refractivity contribution in [3.63, 3.8) is 0 Å². The molecule has 2 rings (SSSR count). The molecule has 0 aromatic rings. The molecule has 2 saturated carbocycles. The molecule has 2 fully saturated rings. The molecule has 4 atom stereocenters. The summed E-state index contributed by atoms with van der Waals surface area (Å²) in [5.41, 5.74) is 0. The molecule has 16 heavy (non-hydrogen) atoms. The van der Waals surface area contributed by atoms with E-state index >= 15 is 0 Å². The smallest absolute Gasteiger partial charge is 0.302 e. The van der Waals surface area contributed by atoms with Crippen molar-refractivity contribution in [2.75, 3.05) is 6.61 Å². The fraction of sp³-hybridized carbons (Fsp3) is 0.833. The number of hydrogen-bond acceptors (Lipinski definition) is 4. The maximum absolute atomic E-state index is 10.9. The van der Waals surface area contributed by atoms with E-state index in [1.165, 1.54) is 13.8 Å². The number of ether oxygens (including phenoxy) is 2. The zero-order valence-electron chi connectivity index (χ0n) is 9.77. The number of carbonyl (C=O) groups is 2. The van der Waals surface area contributed by atoms with E-state index < -0.39 is 0 Å². The van der Waals surface area contributed by atoms with Crippen LogP contribution in [0.3, 0.4) is 0 Å². The third-order valence-corrected chi connectivity index (χ3v) is 3.71. The highest BCUT2D eigenvalue weighted by Gasteiger charge is 2.48. The van der Waals surface area contributed by atoms with Crippen LogP contribution in [0.25, 0.3) is 0 Å². The molecule has 2 aliphatic carbocycles. The summed E-state index contributed by atoms with van der Waals surface area (Å²) >= 11 is 0. The molecule has 0 heterocycles. The minimum Gasteiger partial charge on any atom is -0.466 e. The van der Waals surface area contributed by atoms with Crippen LogP contribution in [0.15, 0.2) is 0 Å². The fourth-order valence-corrected chi connectivity index (χ4v) is 3.19. The van der Waals surface area contributed by atoms with Gasteiger partial charge in [-0.3, -0.25) is 9.59 Å². The molecule has 0 aromatic heterocycles. The van der Waals surface area contributed by atoms with Crippen molar-refractivity contribution < 1.29 is 19.1 Å². The molecule has 0 aromatic carbocycles. The Morgan fingerprint density at radius 1 is 1.12 bits per heavy atom. The minimum absolute atomic E-state index is 0.0526. The monoisotopic (exact) mass is 226 g/mol. The maximum Gasteiger partial charge on any atom is 0.302 e. The lowest BCUT2D eigenvalue weighted by Crippen LogP contribution is -2.31. The molecule has 0 N–H and O–H groups in total. The van der Waals surface area contributed by atoms with Crippen LogP contribution >= 0.6 is 0 Å². The van der Waals surface area contributed by atoms with Gasteiger partial charge in [-0.1, -0.05) is 0 Å². The van der Waals surface area contributed by atoms with Crippen molar-refractivity contribution in [1.82, 2.24) is 0 Å². The van der Waals surface area contributed by atoms with Gasteiger partial charge in [0.05, 0.1) is 6.61 Å². The number of fused-ring (bicyclic) bond motifs is 2. The average Bonchev–Trinajstić information content (AvgIpc) is 2.72. The summed E-state index contributed by atoms with van der Waals surface area (Å²) in [4.78, 5) is 21.7. The van der Waals surface area contributed by atoms with Gasteiger partial charge >= 0.3 is 11.9 Å². The van der Waals surface area contributed by atoms with Crippen molar-refractivity contribution in [3.8, 4) is 0 Å². The summed E-state index contributed by atoms with van der Waals surface area (Å²) < 4.78 is 10.4. The topological polar surface area (TPSA) is 52.6 Å². The SMILES string of the molecule is CC(=O)OCC1CC2CC(OC(C)=O)C1C2. The van der Waals surface area contributed by atoms with Gasteiger partial charge in [-0.2, -0.15) is 0 Å². The third kappa shape index (κ3) is 2.36. The standard InChI is InChI=1S/C12H18O4/c1-7(13)15-6-10-3-9-4-11(10)12(5-9)16-8(2)14/h9-12H,3-6H2,1-2H3. The molecule has 0 aliphatic heterocycles. The van der Waals surface area contributed by atoms with E-state index in [1.54, 1.807) is 0 Å². The quantitative estimate of drug-likeness (QED) is 0.685. The van der Waals surface area contributed by atoms with Gasteiger partial charge in [-0.15, -0.1) is 0 Å². The zero-order valence-corrected chi connectivity index (χ0v) is 9.77. The highest BCUT2D eigenvalue weighted by Crippen LogP contribution is 2.49. The van der Waals surface area contributed by atoms with Crippen LogP contribution in [0.1, 0.15) is 33.1 Å². The first-order valence-electron chi connectivity index (χ1n) is 5.87. The largest absolute Gasteiger partial charge is 0.466 e. The molecule has 2 bridgehead atoms. The van der Waals surface area contributed by atoms with Gasteiger partial charge < -0.3 is 9.47 Å². The Kier molecular flexibility index (Phi) is 3.17. The van der Waals surface area contributed by atoms with Gasteiger partial charge in [0.2, 0.25) is 0 Å². The number of rotatable bonds is 3. The van der Waals surface area contributed by atoms with Crippen LogP contribution in [0.5, 0.6) is 0 Å². The first-order chi connectivity index (χ1) is 7.56. The third-order valence-electron chi connectivity index (χ3n) is 3.71. The fourth-order valence-electron chi connectivity index (χ4n) is 3.19. The average molecular weight is 226 g/mol. The second-order valence-corrected chi connectivity index (χ2v) is 4.95. The van der Waals surface area contributed by atoms with E-state index in [9.17, 15) is 9.59 Å².